The highest BCUT2D eigenvalue weighted by Gasteiger charge is 2.28. The van der Waals surface area contributed by atoms with Gasteiger partial charge in [-0.05, 0) is 30.2 Å². The van der Waals surface area contributed by atoms with E-state index in [2.05, 4.69) is 9.97 Å². The molecule has 24 heavy (non-hydrogen) atoms. The molecule has 126 valence electrons. The second kappa shape index (κ2) is 7.88. The fourth-order valence-electron chi connectivity index (χ4n) is 2.79. The van der Waals surface area contributed by atoms with Gasteiger partial charge in [0.05, 0.1) is 13.7 Å². The lowest BCUT2D eigenvalue weighted by atomic mass is 10.1. The Labute approximate surface area is 141 Å². The summed E-state index contributed by atoms with van der Waals surface area (Å²) in [5, 5.41) is 0. The molecule has 1 aliphatic rings. The average Bonchev–Trinajstić information content (AvgIpc) is 3.13. The first kappa shape index (κ1) is 16.4. The van der Waals surface area contributed by atoms with Crippen molar-refractivity contribution in [3.05, 3.63) is 54.1 Å². The van der Waals surface area contributed by atoms with Crippen LogP contribution in [0, 0.1) is 0 Å². The van der Waals surface area contributed by atoms with Crippen LogP contribution in [0.15, 0.2) is 42.7 Å². The summed E-state index contributed by atoms with van der Waals surface area (Å²) in [4.78, 5) is 22.6. The predicted octanol–water partition coefficient (Wildman–Crippen LogP) is 2.02. The van der Waals surface area contributed by atoms with Crippen molar-refractivity contribution in [2.75, 3.05) is 26.8 Å². The normalized spacial score (nSPS) is 17.0. The van der Waals surface area contributed by atoms with Gasteiger partial charge in [0.1, 0.15) is 18.2 Å². The Morgan fingerprint density at radius 1 is 1.25 bits per heavy atom. The first-order valence-electron chi connectivity index (χ1n) is 8.01. The molecule has 0 aliphatic carbocycles. The summed E-state index contributed by atoms with van der Waals surface area (Å²) >= 11 is 0. The van der Waals surface area contributed by atoms with E-state index in [0.29, 0.717) is 13.2 Å². The van der Waals surface area contributed by atoms with E-state index in [9.17, 15) is 4.79 Å². The van der Waals surface area contributed by atoms with E-state index in [0.717, 1.165) is 30.1 Å². The summed E-state index contributed by atoms with van der Waals surface area (Å²) in [6.45, 7) is 1.89. The van der Waals surface area contributed by atoms with Gasteiger partial charge in [0.2, 0.25) is 5.91 Å². The van der Waals surface area contributed by atoms with Gasteiger partial charge >= 0.3 is 0 Å². The largest absolute Gasteiger partial charge is 0.497 e. The standard InChI is InChI=1S/C18H21N3O3/c1-23-16-5-3-14(4-6-16)12-24-13-17(22)21-10-7-15(11-21)18-19-8-2-9-20-18/h2-6,8-9,15H,7,10-13H2,1H3. The average molecular weight is 327 g/mol. The molecule has 1 unspecified atom stereocenters. The summed E-state index contributed by atoms with van der Waals surface area (Å²) in [5.74, 6) is 1.85. The van der Waals surface area contributed by atoms with E-state index >= 15 is 0 Å². The van der Waals surface area contributed by atoms with Gasteiger partial charge in [0.25, 0.3) is 0 Å². The summed E-state index contributed by atoms with van der Waals surface area (Å²) in [6, 6.07) is 9.43. The highest BCUT2D eigenvalue weighted by atomic mass is 16.5. The van der Waals surface area contributed by atoms with Crippen molar-refractivity contribution in [2.45, 2.75) is 18.9 Å². The van der Waals surface area contributed by atoms with Crippen molar-refractivity contribution in [2.24, 2.45) is 0 Å². The lowest BCUT2D eigenvalue weighted by Gasteiger charge is -2.16. The minimum Gasteiger partial charge on any atom is -0.497 e. The Balaban J connectivity index is 1.44. The molecule has 1 aromatic heterocycles. The first-order valence-corrected chi connectivity index (χ1v) is 8.01. The molecule has 1 fully saturated rings. The van der Waals surface area contributed by atoms with Crippen molar-refractivity contribution in [3.63, 3.8) is 0 Å². The quantitative estimate of drug-likeness (QED) is 0.812. The van der Waals surface area contributed by atoms with Crippen LogP contribution in [-0.4, -0.2) is 47.6 Å². The van der Waals surface area contributed by atoms with E-state index < -0.39 is 0 Å². The number of carbonyl (C=O) groups is 1. The topological polar surface area (TPSA) is 64.6 Å². The maximum Gasteiger partial charge on any atom is 0.248 e. The molecule has 2 heterocycles. The van der Waals surface area contributed by atoms with Gasteiger partial charge in [-0.15, -0.1) is 0 Å². The first-order chi connectivity index (χ1) is 11.8. The van der Waals surface area contributed by atoms with Gasteiger partial charge in [-0.25, -0.2) is 9.97 Å². The zero-order valence-electron chi connectivity index (χ0n) is 13.7. The number of rotatable bonds is 6. The fraction of sp³-hybridized carbons (Fsp3) is 0.389. The number of carbonyl (C=O) groups excluding carboxylic acids is 1. The van der Waals surface area contributed by atoms with Crippen molar-refractivity contribution in [1.82, 2.24) is 14.9 Å². The van der Waals surface area contributed by atoms with E-state index in [1.165, 1.54) is 0 Å². The zero-order chi connectivity index (χ0) is 16.8. The zero-order valence-corrected chi connectivity index (χ0v) is 13.7. The van der Waals surface area contributed by atoms with E-state index in [1.807, 2.05) is 29.2 Å². The molecule has 6 nitrogen and oxygen atoms in total. The molecule has 0 N–H and O–H groups in total. The summed E-state index contributed by atoms with van der Waals surface area (Å²) in [7, 11) is 1.63. The van der Waals surface area contributed by atoms with Crippen LogP contribution >= 0.6 is 0 Å². The highest BCUT2D eigenvalue weighted by molar-refractivity contribution is 5.77. The van der Waals surface area contributed by atoms with Crippen LogP contribution in [0.25, 0.3) is 0 Å². The van der Waals surface area contributed by atoms with Crippen molar-refractivity contribution < 1.29 is 14.3 Å². The maximum absolute atomic E-state index is 12.3. The van der Waals surface area contributed by atoms with Crippen molar-refractivity contribution in [3.8, 4) is 5.75 Å². The molecule has 1 amide bonds. The SMILES string of the molecule is COc1ccc(COCC(=O)N2CCC(c3ncccn3)C2)cc1. The van der Waals surface area contributed by atoms with Crippen LogP contribution in [0.3, 0.4) is 0 Å². The number of amides is 1. The molecule has 0 spiro atoms. The number of aromatic nitrogens is 2. The van der Waals surface area contributed by atoms with E-state index in [-0.39, 0.29) is 18.4 Å². The second-order valence-electron chi connectivity index (χ2n) is 5.77. The van der Waals surface area contributed by atoms with E-state index in [1.54, 1.807) is 25.6 Å². The van der Waals surface area contributed by atoms with Crippen LogP contribution in [0.1, 0.15) is 23.7 Å². The molecule has 3 rings (SSSR count). The lowest BCUT2D eigenvalue weighted by Crippen LogP contribution is -2.32. The molecular formula is C18H21N3O3. The number of hydrogen-bond donors (Lipinski definition) is 0. The molecule has 6 heteroatoms. The predicted molar refractivity (Wildman–Crippen MR) is 88.6 cm³/mol. The molecule has 1 saturated heterocycles. The number of benzene rings is 1. The highest BCUT2D eigenvalue weighted by Crippen LogP contribution is 2.24. The monoisotopic (exact) mass is 327 g/mol. The maximum atomic E-state index is 12.3. The van der Waals surface area contributed by atoms with Crippen LogP contribution in [-0.2, 0) is 16.1 Å². The molecule has 2 aromatic rings. The van der Waals surface area contributed by atoms with Crippen LogP contribution in [0.4, 0.5) is 0 Å². The van der Waals surface area contributed by atoms with Crippen molar-refractivity contribution in [1.29, 1.82) is 0 Å². The third kappa shape index (κ3) is 4.08. The summed E-state index contributed by atoms with van der Waals surface area (Å²) in [5.41, 5.74) is 1.01. The fourth-order valence-corrected chi connectivity index (χ4v) is 2.79. The minimum absolute atomic E-state index is 0.0157. The second-order valence-corrected chi connectivity index (χ2v) is 5.77. The Morgan fingerprint density at radius 3 is 2.71 bits per heavy atom. The molecular weight excluding hydrogens is 306 g/mol. The Hall–Kier alpha value is -2.47. The van der Waals surface area contributed by atoms with Crippen LogP contribution in [0.5, 0.6) is 5.75 Å². The summed E-state index contributed by atoms with van der Waals surface area (Å²) < 4.78 is 10.7. The Kier molecular flexibility index (Phi) is 5.38. The third-order valence-electron chi connectivity index (χ3n) is 4.15. The number of methoxy groups -OCH3 is 1. The van der Waals surface area contributed by atoms with Crippen molar-refractivity contribution >= 4 is 5.91 Å². The minimum atomic E-state index is 0.0157. The number of likely N-dealkylation sites (tertiary alicyclic amines) is 1. The van der Waals surface area contributed by atoms with Gasteiger partial charge in [-0.2, -0.15) is 0 Å². The molecule has 1 aliphatic heterocycles. The van der Waals surface area contributed by atoms with Gasteiger partial charge in [-0.3, -0.25) is 4.79 Å². The smallest absolute Gasteiger partial charge is 0.248 e. The van der Waals surface area contributed by atoms with Gasteiger partial charge in [-0.1, -0.05) is 12.1 Å². The third-order valence-corrected chi connectivity index (χ3v) is 4.15. The van der Waals surface area contributed by atoms with Crippen LogP contribution < -0.4 is 4.74 Å². The van der Waals surface area contributed by atoms with Gasteiger partial charge in [0, 0.05) is 31.4 Å². The number of nitrogens with zero attached hydrogens (tertiary/aromatic N) is 3. The van der Waals surface area contributed by atoms with Gasteiger partial charge in [0.15, 0.2) is 0 Å². The summed E-state index contributed by atoms with van der Waals surface area (Å²) in [6.07, 6.45) is 4.38. The molecule has 1 aromatic carbocycles. The molecule has 1 atom stereocenters. The van der Waals surface area contributed by atoms with E-state index in [4.69, 9.17) is 9.47 Å². The molecule has 0 radical (unpaired) electrons. The Bertz CT molecular complexity index is 661. The molecule has 0 bridgehead atoms. The Morgan fingerprint density at radius 2 is 2.00 bits per heavy atom. The number of hydrogen-bond acceptors (Lipinski definition) is 5. The van der Waals surface area contributed by atoms with Gasteiger partial charge < -0.3 is 14.4 Å². The molecule has 0 saturated carbocycles. The number of ether oxygens (including phenoxy) is 2. The lowest BCUT2D eigenvalue weighted by molar-refractivity contribution is -0.135. The van der Waals surface area contributed by atoms with Crippen LogP contribution in [0.2, 0.25) is 0 Å².